The van der Waals surface area contributed by atoms with Crippen LogP contribution in [0.3, 0.4) is 0 Å². The number of rotatable bonds is 7. The molecule has 1 aromatic heterocycles. The lowest BCUT2D eigenvalue weighted by molar-refractivity contribution is -0.131. The van der Waals surface area contributed by atoms with E-state index < -0.39 is 0 Å². The molecule has 2 rings (SSSR count). The van der Waals surface area contributed by atoms with E-state index >= 15 is 0 Å². The highest BCUT2D eigenvalue weighted by Gasteiger charge is 2.26. The summed E-state index contributed by atoms with van der Waals surface area (Å²) in [5.74, 6) is 1.70. The second-order valence-electron chi connectivity index (χ2n) is 5.10. The molecule has 2 heterocycles. The summed E-state index contributed by atoms with van der Waals surface area (Å²) < 4.78 is 15.4. The van der Waals surface area contributed by atoms with Gasteiger partial charge >= 0.3 is 0 Å². The van der Waals surface area contributed by atoms with Gasteiger partial charge in [-0.3, -0.25) is 4.79 Å². The molecule has 0 spiro atoms. The fourth-order valence-electron chi connectivity index (χ4n) is 2.40. The Morgan fingerprint density at radius 1 is 1.38 bits per heavy atom. The zero-order chi connectivity index (χ0) is 15.1. The zero-order valence-corrected chi connectivity index (χ0v) is 12.7. The van der Waals surface area contributed by atoms with Crippen LogP contribution < -0.4 is 0 Å². The first-order valence-corrected chi connectivity index (χ1v) is 7.41. The Kier molecular flexibility index (Phi) is 6.13. The Morgan fingerprint density at radius 2 is 2.14 bits per heavy atom. The van der Waals surface area contributed by atoms with Crippen molar-refractivity contribution in [3.63, 3.8) is 0 Å². The van der Waals surface area contributed by atoms with E-state index in [1.54, 1.807) is 7.11 Å². The number of piperidine rings is 1. The summed E-state index contributed by atoms with van der Waals surface area (Å²) in [4.78, 5) is 17.9. The highest BCUT2D eigenvalue weighted by molar-refractivity contribution is 5.75. The molecule has 0 atom stereocenters. The molecule has 1 fully saturated rings. The number of carbonyl (C=O) groups is 1. The normalized spacial score (nSPS) is 16.4. The van der Waals surface area contributed by atoms with Crippen LogP contribution in [0.25, 0.3) is 0 Å². The van der Waals surface area contributed by atoms with Gasteiger partial charge in [0.25, 0.3) is 5.89 Å². The summed E-state index contributed by atoms with van der Waals surface area (Å²) in [5, 5.41) is 4.03. The van der Waals surface area contributed by atoms with E-state index in [2.05, 4.69) is 10.1 Å². The van der Waals surface area contributed by atoms with Crippen LogP contribution in [-0.4, -0.2) is 54.4 Å². The number of likely N-dealkylation sites (tertiary alicyclic amines) is 1. The van der Waals surface area contributed by atoms with E-state index in [9.17, 15) is 4.79 Å². The van der Waals surface area contributed by atoms with Gasteiger partial charge in [0, 0.05) is 32.5 Å². The lowest BCUT2D eigenvalue weighted by Crippen LogP contribution is -2.37. The number of carbonyl (C=O) groups excluding carboxylic acids is 1. The molecule has 0 N–H and O–H groups in total. The second-order valence-corrected chi connectivity index (χ2v) is 5.10. The van der Waals surface area contributed by atoms with Crippen LogP contribution in [0.4, 0.5) is 0 Å². The number of hydrogen-bond donors (Lipinski definition) is 0. The molecule has 0 aromatic carbocycles. The summed E-state index contributed by atoms with van der Waals surface area (Å²) in [6.45, 7) is 4.79. The van der Waals surface area contributed by atoms with Crippen molar-refractivity contribution in [1.82, 2.24) is 15.0 Å². The summed E-state index contributed by atoms with van der Waals surface area (Å²) in [7, 11) is 1.63. The predicted octanol–water partition coefficient (Wildman–Crippen LogP) is 1.35. The van der Waals surface area contributed by atoms with E-state index in [4.69, 9.17) is 14.0 Å². The molecule has 118 valence electrons. The monoisotopic (exact) mass is 297 g/mol. The number of nitrogens with zero attached hydrogens (tertiary/aromatic N) is 3. The zero-order valence-electron chi connectivity index (χ0n) is 12.7. The molecule has 0 aliphatic carbocycles. The van der Waals surface area contributed by atoms with Crippen molar-refractivity contribution in [2.24, 2.45) is 0 Å². The van der Waals surface area contributed by atoms with Gasteiger partial charge in [-0.1, -0.05) is 12.1 Å². The minimum absolute atomic E-state index is 0.216. The Labute approximate surface area is 124 Å². The maximum Gasteiger partial charge on any atom is 0.252 e. The third-order valence-electron chi connectivity index (χ3n) is 3.66. The average Bonchev–Trinajstić information content (AvgIpc) is 3.00. The summed E-state index contributed by atoms with van der Waals surface area (Å²) >= 11 is 0. The Hall–Kier alpha value is -1.47. The second kappa shape index (κ2) is 8.09. The first kappa shape index (κ1) is 15.9. The molecule has 1 aromatic rings. The first-order valence-electron chi connectivity index (χ1n) is 7.41. The molecule has 1 amide bonds. The van der Waals surface area contributed by atoms with Crippen molar-refractivity contribution in [2.75, 3.05) is 33.4 Å². The number of hydrogen-bond acceptors (Lipinski definition) is 6. The van der Waals surface area contributed by atoms with Gasteiger partial charge in [0.1, 0.15) is 6.61 Å². The van der Waals surface area contributed by atoms with Gasteiger partial charge < -0.3 is 18.9 Å². The Morgan fingerprint density at radius 3 is 2.81 bits per heavy atom. The number of amides is 1. The quantitative estimate of drug-likeness (QED) is 0.707. The van der Waals surface area contributed by atoms with E-state index in [1.165, 1.54) is 0 Å². The molecule has 7 nitrogen and oxygen atoms in total. The Bertz CT molecular complexity index is 441. The lowest BCUT2D eigenvalue weighted by Gasteiger charge is -2.30. The van der Waals surface area contributed by atoms with Crippen LogP contribution in [0.2, 0.25) is 0 Å². The van der Waals surface area contributed by atoms with Crippen LogP contribution in [-0.2, 0) is 20.9 Å². The van der Waals surface area contributed by atoms with Crippen LogP contribution in [0.15, 0.2) is 4.52 Å². The minimum atomic E-state index is 0.216. The van der Waals surface area contributed by atoms with Crippen LogP contribution >= 0.6 is 0 Å². The molecular formula is C14H23N3O4. The van der Waals surface area contributed by atoms with Crippen molar-refractivity contribution in [2.45, 2.75) is 38.7 Å². The van der Waals surface area contributed by atoms with Gasteiger partial charge in [0.2, 0.25) is 5.91 Å². The molecule has 0 radical (unpaired) electrons. The fraction of sp³-hybridized carbons (Fsp3) is 0.786. The SMILES string of the molecule is CCC(=O)N1CCC(c2noc(COCCOC)n2)CC1. The molecular weight excluding hydrogens is 274 g/mol. The van der Waals surface area contributed by atoms with Gasteiger partial charge in [-0.25, -0.2) is 0 Å². The summed E-state index contributed by atoms with van der Waals surface area (Å²) in [6.07, 6.45) is 2.33. The molecule has 0 bridgehead atoms. The molecule has 21 heavy (non-hydrogen) atoms. The van der Waals surface area contributed by atoms with E-state index in [1.807, 2.05) is 11.8 Å². The lowest BCUT2D eigenvalue weighted by atomic mass is 9.96. The van der Waals surface area contributed by atoms with Crippen molar-refractivity contribution < 1.29 is 18.8 Å². The number of aromatic nitrogens is 2. The summed E-state index contributed by atoms with van der Waals surface area (Å²) in [6, 6.07) is 0. The van der Waals surface area contributed by atoms with Gasteiger partial charge in [-0.15, -0.1) is 0 Å². The van der Waals surface area contributed by atoms with Gasteiger partial charge in [0.15, 0.2) is 5.82 Å². The first-order chi connectivity index (χ1) is 10.2. The van der Waals surface area contributed by atoms with E-state index in [0.717, 1.165) is 31.8 Å². The van der Waals surface area contributed by atoms with Crippen molar-refractivity contribution in [3.8, 4) is 0 Å². The highest BCUT2D eigenvalue weighted by Crippen LogP contribution is 2.26. The molecule has 0 saturated carbocycles. The van der Waals surface area contributed by atoms with Gasteiger partial charge in [0.05, 0.1) is 13.2 Å². The fourth-order valence-corrected chi connectivity index (χ4v) is 2.40. The Balaban J connectivity index is 1.78. The molecule has 7 heteroatoms. The molecule has 0 unspecified atom stereocenters. The van der Waals surface area contributed by atoms with Crippen LogP contribution in [0.5, 0.6) is 0 Å². The van der Waals surface area contributed by atoms with Gasteiger partial charge in [-0.05, 0) is 12.8 Å². The number of ether oxygens (including phenoxy) is 2. The minimum Gasteiger partial charge on any atom is -0.382 e. The molecule has 1 aliphatic rings. The third kappa shape index (κ3) is 4.50. The van der Waals surface area contributed by atoms with E-state index in [0.29, 0.717) is 32.1 Å². The predicted molar refractivity (Wildman–Crippen MR) is 74.7 cm³/mol. The maximum absolute atomic E-state index is 11.6. The standard InChI is InChI=1S/C14H23N3O4/c1-3-13(18)17-6-4-11(5-7-17)14-15-12(21-16-14)10-20-9-8-19-2/h11H,3-10H2,1-2H3. The van der Waals surface area contributed by atoms with E-state index in [-0.39, 0.29) is 11.8 Å². The maximum atomic E-state index is 11.6. The number of methoxy groups -OCH3 is 1. The van der Waals surface area contributed by atoms with Crippen LogP contribution in [0, 0.1) is 0 Å². The van der Waals surface area contributed by atoms with Gasteiger partial charge in [-0.2, -0.15) is 4.98 Å². The van der Waals surface area contributed by atoms with Crippen molar-refractivity contribution in [1.29, 1.82) is 0 Å². The third-order valence-corrected chi connectivity index (χ3v) is 3.66. The van der Waals surface area contributed by atoms with Crippen molar-refractivity contribution in [3.05, 3.63) is 11.7 Å². The topological polar surface area (TPSA) is 77.7 Å². The highest BCUT2D eigenvalue weighted by atomic mass is 16.5. The van der Waals surface area contributed by atoms with Crippen LogP contribution in [0.1, 0.15) is 43.8 Å². The van der Waals surface area contributed by atoms with Crippen molar-refractivity contribution >= 4 is 5.91 Å². The summed E-state index contributed by atoms with van der Waals surface area (Å²) in [5.41, 5.74) is 0. The largest absolute Gasteiger partial charge is 0.382 e. The molecule has 1 saturated heterocycles. The average molecular weight is 297 g/mol. The molecule has 1 aliphatic heterocycles. The smallest absolute Gasteiger partial charge is 0.252 e.